The number of nitrogens with zero attached hydrogens (tertiary/aromatic N) is 5. The van der Waals surface area contributed by atoms with E-state index < -0.39 is 0 Å². The van der Waals surface area contributed by atoms with Gasteiger partial charge in [0.1, 0.15) is 0 Å². The molecule has 0 fully saturated rings. The van der Waals surface area contributed by atoms with E-state index in [1.807, 2.05) is 24.3 Å². The summed E-state index contributed by atoms with van der Waals surface area (Å²) < 4.78 is 4.69. The van der Waals surface area contributed by atoms with Crippen LogP contribution in [-0.2, 0) is 10.8 Å². The van der Waals surface area contributed by atoms with Crippen LogP contribution in [0.3, 0.4) is 0 Å². The zero-order valence-corrected chi connectivity index (χ0v) is 36.5. The molecule has 12 rings (SSSR count). The molecule has 308 valence electrons. The first-order chi connectivity index (χ1) is 31.2. The number of hydrogen-bond acceptors (Lipinski definition) is 3. The summed E-state index contributed by atoms with van der Waals surface area (Å²) in [5.41, 5.74) is 15.3. The molecule has 0 aliphatic heterocycles. The molecule has 3 heterocycles. The van der Waals surface area contributed by atoms with Crippen LogP contribution in [0, 0.1) is 0 Å². The van der Waals surface area contributed by atoms with Crippen molar-refractivity contribution in [2.24, 2.45) is 0 Å². The van der Waals surface area contributed by atoms with E-state index in [-0.39, 0.29) is 10.8 Å². The monoisotopic (exact) mass is 825 g/mol. The molecule has 0 N–H and O–H groups in total. The van der Waals surface area contributed by atoms with Gasteiger partial charge in [-0.2, -0.15) is 9.97 Å². The van der Waals surface area contributed by atoms with Crippen molar-refractivity contribution in [1.29, 1.82) is 0 Å². The third-order valence-electron chi connectivity index (χ3n) is 13.8. The average Bonchev–Trinajstić information content (AvgIpc) is 3.84. The second-order valence-corrected chi connectivity index (χ2v) is 18.7. The molecule has 1 aliphatic carbocycles. The van der Waals surface area contributed by atoms with Crippen LogP contribution in [-0.4, -0.2) is 24.1 Å². The van der Waals surface area contributed by atoms with Crippen LogP contribution in [0.25, 0.3) is 100 Å². The molecule has 11 aromatic rings. The summed E-state index contributed by atoms with van der Waals surface area (Å²) in [6, 6.07) is 67.4. The van der Waals surface area contributed by atoms with Gasteiger partial charge in [-0.3, -0.25) is 4.57 Å². The Bertz CT molecular complexity index is 3610. The quantitative estimate of drug-likeness (QED) is 0.168. The van der Waals surface area contributed by atoms with E-state index in [2.05, 4.69) is 201 Å². The molecule has 0 spiro atoms. The minimum Gasteiger partial charge on any atom is -0.309 e. The van der Waals surface area contributed by atoms with Gasteiger partial charge in [-0.15, -0.1) is 0 Å². The SMILES string of the molecule is CC1(C)CCC(C)(C)c2c(-c3cccc(-n4c5ccccc5c5cc6c7ccccc7n(-c7nc(-c8ccccc8)nc(-c8ccccc8-c8ccccc8)n7)c6cc54)c3)cccc21. The minimum absolute atomic E-state index is 0.0716. The second-order valence-electron chi connectivity index (χ2n) is 18.7. The Morgan fingerprint density at radius 1 is 0.375 bits per heavy atom. The fraction of sp³-hybridized carbons (Fsp3) is 0.136. The molecular weight excluding hydrogens is 779 g/mol. The van der Waals surface area contributed by atoms with E-state index in [9.17, 15) is 0 Å². The maximum atomic E-state index is 5.40. The van der Waals surface area contributed by atoms with Crippen molar-refractivity contribution < 1.29 is 0 Å². The van der Waals surface area contributed by atoms with Crippen molar-refractivity contribution in [2.45, 2.75) is 51.4 Å². The molecule has 0 radical (unpaired) electrons. The molecule has 0 saturated carbocycles. The van der Waals surface area contributed by atoms with Crippen LogP contribution >= 0.6 is 0 Å². The Balaban J connectivity index is 1.12. The van der Waals surface area contributed by atoms with E-state index in [4.69, 9.17) is 15.0 Å². The standard InChI is InChI=1S/C59H47N5/c1-58(2)33-34-59(3,4)54-43(29-18-30-49(54)58)40-23-17-24-41(35-40)63-50-31-15-13-26-44(50)47-36-48-45-27-14-16-32-51(45)64(53(48)37-52(47)63)57-61-55(39-21-9-6-10-22-39)60-56(62-57)46-28-12-11-25-42(46)38-19-7-5-8-20-38/h5-32,35-37H,33-34H2,1-4H3. The predicted octanol–water partition coefficient (Wildman–Crippen LogP) is 15.1. The first-order valence-electron chi connectivity index (χ1n) is 22.4. The molecule has 0 amide bonds. The third-order valence-corrected chi connectivity index (χ3v) is 13.8. The summed E-state index contributed by atoms with van der Waals surface area (Å²) in [5, 5.41) is 4.71. The average molecular weight is 826 g/mol. The first-order valence-corrected chi connectivity index (χ1v) is 22.4. The highest BCUT2D eigenvalue weighted by molar-refractivity contribution is 6.19. The van der Waals surface area contributed by atoms with E-state index in [1.54, 1.807) is 0 Å². The molecule has 64 heavy (non-hydrogen) atoms. The van der Waals surface area contributed by atoms with Crippen LogP contribution in [0.1, 0.15) is 51.7 Å². The lowest BCUT2D eigenvalue weighted by Gasteiger charge is -2.43. The lowest BCUT2D eigenvalue weighted by Crippen LogP contribution is -2.34. The Kier molecular flexibility index (Phi) is 8.61. The van der Waals surface area contributed by atoms with Gasteiger partial charge in [0, 0.05) is 38.4 Å². The Hall–Kier alpha value is -7.63. The van der Waals surface area contributed by atoms with E-state index in [0.29, 0.717) is 17.6 Å². The van der Waals surface area contributed by atoms with Crippen molar-refractivity contribution in [2.75, 3.05) is 0 Å². The van der Waals surface area contributed by atoms with Crippen LogP contribution in [0.2, 0.25) is 0 Å². The lowest BCUT2D eigenvalue weighted by atomic mass is 9.61. The zero-order valence-electron chi connectivity index (χ0n) is 36.5. The fourth-order valence-electron chi connectivity index (χ4n) is 10.6. The van der Waals surface area contributed by atoms with Crippen molar-refractivity contribution >= 4 is 43.6 Å². The van der Waals surface area contributed by atoms with Crippen molar-refractivity contribution in [1.82, 2.24) is 24.1 Å². The first kappa shape index (κ1) is 38.1. The van der Waals surface area contributed by atoms with Gasteiger partial charge < -0.3 is 4.57 Å². The topological polar surface area (TPSA) is 48.5 Å². The maximum Gasteiger partial charge on any atom is 0.238 e. The van der Waals surface area contributed by atoms with Crippen molar-refractivity contribution in [3.8, 4) is 56.7 Å². The Morgan fingerprint density at radius 3 is 1.66 bits per heavy atom. The van der Waals surface area contributed by atoms with Crippen LogP contribution < -0.4 is 0 Å². The molecule has 0 bridgehead atoms. The highest BCUT2D eigenvalue weighted by Gasteiger charge is 2.38. The molecule has 5 heteroatoms. The highest BCUT2D eigenvalue weighted by Crippen LogP contribution is 2.50. The molecule has 0 unspecified atom stereocenters. The smallest absolute Gasteiger partial charge is 0.238 e. The van der Waals surface area contributed by atoms with E-state index >= 15 is 0 Å². The van der Waals surface area contributed by atoms with Crippen LogP contribution in [0.15, 0.2) is 188 Å². The summed E-state index contributed by atoms with van der Waals surface area (Å²) in [6.45, 7) is 9.66. The Morgan fingerprint density at radius 2 is 0.922 bits per heavy atom. The Labute approximate surface area is 373 Å². The van der Waals surface area contributed by atoms with Crippen LogP contribution in [0.4, 0.5) is 0 Å². The van der Waals surface area contributed by atoms with Gasteiger partial charge in [0.15, 0.2) is 11.6 Å². The van der Waals surface area contributed by atoms with Gasteiger partial charge >= 0.3 is 0 Å². The molecule has 1 aliphatic rings. The summed E-state index contributed by atoms with van der Waals surface area (Å²) in [4.78, 5) is 15.9. The number of fused-ring (bicyclic) bond motifs is 7. The van der Waals surface area contributed by atoms with Gasteiger partial charge in [0.05, 0.1) is 22.1 Å². The van der Waals surface area contributed by atoms with Crippen molar-refractivity contribution in [3.63, 3.8) is 0 Å². The fourth-order valence-corrected chi connectivity index (χ4v) is 10.6. The highest BCUT2D eigenvalue weighted by atomic mass is 15.2. The normalized spacial score (nSPS) is 14.4. The van der Waals surface area contributed by atoms with Crippen molar-refractivity contribution in [3.05, 3.63) is 199 Å². The molecule has 3 aromatic heterocycles. The predicted molar refractivity (Wildman–Crippen MR) is 266 cm³/mol. The lowest BCUT2D eigenvalue weighted by molar-refractivity contribution is 0.333. The van der Waals surface area contributed by atoms with Gasteiger partial charge in [0.2, 0.25) is 5.95 Å². The molecule has 0 atom stereocenters. The minimum atomic E-state index is 0.0716. The van der Waals surface area contributed by atoms with E-state index in [1.165, 1.54) is 45.0 Å². The number of benzene rings is 8. The molecule has 0 saturated heterocycles. The zero-order chi connectivity index (χ0) is 43.2. The summed E-state index contributed by atoms with van der Waals surface area (Å²) in [7, 11) is 0. The van der Waals surface area contributed by atoms with Gasteiger partial charge in [-0.05, 0) is 93.5 Å². The molecule has 8 aromatic carbocycles. The van der Waals surface area contributed by atoms with Crippen LogP contribution in [0.5, 0.6) is 0 Å². The third kappa shape index (κ3) is 6.02. The van der Waals surface area contributed by atoms with E-state index in [0.717, 1.165) is 61.7 Å². The second kappa shape index (κ2) is 14.5. The van der Waals surface area contributed by atoms with Gasteiger partial charge in [0.25, 0.3) is 0 Å². The number of aromatic nitrogens is 5. The van der Waals surface area contributed by atoms with Gasteiger partial charge in [-0.25, -0.2) is 4.98 Å². The largest absolute Gasteiger partial charge is 0.309 e. The number of rotatable bonds is 6. The summed E-state index contributed by atoms with van der Waals surface area (Å²) >= 11 is 0. The summed E-state index contributed by atoms with van der Waals surface area (Å²) in [6.07, 6.45) is 2.35. The number of hydrogen-bond donors (Lipinski definition) is 0. The number of para-hydroxylation sites is 2. The van der Waals surface area contributed by atoms with Gasteiger partial charge in [-0.1, -0.05) is 179 Å². The summed E-state index contributed by atoms with van der Waals surface area (Å²) in [5.74, 6) is 1.81. The molecular formula is C59H47N5. The maximum absolute atomic E-state index is 5.40. The molecule has 5 nitrogen and oxygen atoms in total.